The molecule has 0 bridgehead atoms. The minimum atomic E-state index is -1.13. The van der Waals surface area contributed by atoms with Crippen LogP contribution in [0.3, 0.4) is 0 Å². The molecule has 1 heterocycles. The summed E-state index contributed by atoms with van der Waals surface area (Å²) in [6.07, 6.45) is 3.45. The Bertz CT molecular complexity index is 652. The summed E-state index contributed by atoms with van der Waals surface area (Å²) in [5.41, 5.74) is 6.20. The molecule has 3 amide bonds. The standard InChI is InChI=1S/C19H27N3O3/c1-4-5-6-13-7-9-15(10-8-13)22-12-14(11-16(22)23)17(24)21-19(2,3)18(20)25/h7-10,14H,4-6,11-12H2,1-3H3,(H2,20,25)(H,21,24). The van der Waals surface area contributed by atoms with Gasteiger partial charge in [0.05, 0.1) is 5.92 Å². The average molecular weight is 345 g/mol. The summed E-state index contributed by atoms with van der Waals surface area (Å²) in [5, 5.41) is 2.63. The minimum Gasteiger partial charge on any atom is -0.368 e. The van der Waals surface area contributed by atoms with Gasteiger partial charge in [0.2, 0.25) is 17.7 Å². The fraction of sp³-hybridized carbons (Fsp3) is 0.526. The molecule has 1 unspecified atom stereocenters. The quantitative estimate of drug-likeness (QED) is 0.789. The second-order valence-electron chi connectivity index (χ2n) is 7.15. The highest BCUT2D eigenvalue weighted by atomic mass is 16.2. The summed E-state index contributed by atoms with van der Waals surface area (Å²) >= 11 is 0. The summed E-state index contributed by atoms with van der Waals surface area (Å²) < 4.78 is 0. The van der Waals surface area contributed by atoms with Crippen molar-refractivity contribution in [1.29, 1.82) is 0 Å². The third-order valence-corrected chi connectivity index (χ3v) is 4.61. The number of anilines is 1. The highest BCUT2D eigenvalue weighted by Gasteiger charge is 2.38. The first-order valence-electron chi connectivity index (χ1n) is 8.76. The number of hydrogen-bond acceptors (Lipinski definition) is 3. The van der Waals surface area contributed by atoms with E-state index < -0.39 is 17.4 Å². The average Bonchev–Trinajstić information content (AvgIpc) is 2.95. The number of carbonyl (C=O) groups excluding carboxylic acids is 3. The Balaban J connectivity index is 2.02. The molecule has 1 aliphatic heterocycles. The molecule has 0 aliphatic carbocycles. The van der Waals surface area contributed by atoms with Crippen LogP contribution in [0.25, 0.3) is 0 Å². The Morgan fingerprint density at radius 2 is 1.92 bits per heavy atom. The van der Waals surface area contributed by atoms with E-state index in [2.05, 4.69) is 12.2 Å². The van der Waals surface area contributed by atoms with Crippen LogP contribution >= 0.6 is 0 Å². The molecule has 1 fully saturated rings. The Hall–Kier alpha value is -2.37. The number of benzene rings is 1. The second kappa shape index (κ2) is 7.68. The number of nitrogens with zero attached hydrogens (tertiary/aromatic N) is 1. The van der Waals surface area contributed by atoms with Crippen molar-refractivity contribution in [2.45, 2.75) is 52.0 Å². The van der Waals surface area contributed by atoms with Crippen molar-refractivity contribution in [2.24, 2.45) is 11.7 Å². The number of amides is 3. The van der Waals surface area contributed by atoms with Gasteiger partial charge in [-0.2, -0.15) is 0 Å². The van der Waals surface area contributed by atoms with Crippen LogP contribution in [0.1, 0.15) is 45.6 Å². The summed E-state index contributed by atoms with van der Waals surface area (Å²) in [4.78, 5) is 37.7. The van der Waals surface area contributed by atoms with Gasteiger partial charge >= 0.3 is 0 Å². The van der Waals surface area contributed by atoms with Gasteiger partial charge in [0.25, 0.3) is 0 Å². The van der Waals surface area contributed by atoms with E-state index in [9.17, 15) is 14.4 Å². The smallest absolute Gasteiger partial charge is 0.242 e. The lowest BCUT2D eigenvalue weighted by molar-refractivity contribution is -0.132. The monoisotopic (exact) mass is 345 g/mol. The number of unbranched alkanes of at least 4 members (excludes halogenated alkanes) is 1. The van der Waals surface area contributed by atoms with Crippen LogP contribution in [0.2, 0.25) is 0 Å². The lowest BCUT2D eigenvalue weighted by Gasteiger charge is -2.24. The number of rotatable bonds is 7. The zero-order valence-electron chi connectivity index (χ0n) is 15.2. The van der Waals surface area contributed by atoms with Gasteiger partial charge in [-0.05, 0) is 44.4 Å². The Morgan fingerprint density at radius 1 is 1.28 bits per heavy atom. The first-order valence-corrected chi connectivity index (χ1v) is 8.76. The molecule has 0 spiro atoms. The number of carbonyl (C=O) groups is 3. The van der Waals surface area contributed by atoms with E-state index in [0.29, 0.717) is 6.54 Å². The molecule has 0 radical (unpaired) electrons. The number of nitrogens with two attached hydrogens (primary N) is 1. The zero-order valence-corrected chi connectivity index (χ0v) is 15.2. The molecule has 6 nitrogen and oxygen atoms in total. The number of primary amides is 1. The molecule has 0 aromatic heterocycles. The fourth-order valence-electron chi connectivity index (χ4n) is 2.83. The SMILES string of the molecule is CCCCc1ccc(N2CC(C(=O)NC(C)(C)C(N)=O)CC2=O)cc1. The van der Waals surface area contributed by atoms with E-state index in [-0.39, 0.29) is 18.2 Å². The van der Waals surface area contributed by atoms with Crippen LogP contribution in [-0.4, -0.2) is 29.8 Å². The lowest BCUT2D eigenvalue weighted by atomic mass is 10.0. The van der Waals surface area contributed by atoms with Crippen LogP contribution in [0.4, 0.5) is 5.69 Å². The van der Waals surface area contributed by atoms with Crippen molar-refractivity contribution < 1.29 is 14.4 Å². The van der Waals surface area contributed by atoms with Crippen molar-refractivity contribution in [1.82, 2.24) is 5.32 Å². The molecule has 1 saturated heterocycles. The maximum Gasteiger partial charge on any atom is 0.242 e. The maximum absolute atomic E-state index is 12.4. The Labute approximate surface area is 148 Å². The van der Waals surface area contributed by atoms with Crippen molar-refractivity contribution in [3.8, 4) is 0 Å². The summed E-state index contributed by atoms with van der Waals surface area (Å²) in [6, 6.07) is 7.91. The highest BCUT2D eigenvalue weighted by molar-refractivity contribution is 6.01. The van der Waals surface area contributed by atoms with E-state index in [1.165, 1.54) is 5.56 Å². The zero-order chi connectivity index (χ0) is 18.6. The molecular weight excluding hydrogens is 318 g/mol. The summed E-state index contributed by atoms with van der Waals surface area (Å²) in [5.74, 6) is -1.49. The molecule has 1 aromatic rings. The molecule has 1 aromatic carbocycles. The molecule has 136 valence electrons. The van der Waals surface area contributed by atoms with Crippen LogP contribution in [0.5, 0.6) is 0 Å². The third-order valence-electron chi connectivity index (χ3n) is 4.61. The predicted octanol–water partition coefficient (Wildman–Crippen LogP) is 1.76. The topological polar surface area (TPSA) is 92.5 Å². The Kier molecular flexibility index (Phi) is 5.82. The van der Waals surface area contributed by atoms with E-state index >= 15 is 0 Å². The molecule has 0 saturated carbocycles. The molecule has 3 N–H and O–H groups in total. The minimum absolute atomic E-state index is 0.0849. The number of nitrogens with one attached hydrogen (secondary N) is 1. The van der Waals surface area contributed by atoms with Crippen LogP contribution in [-0.2, 0) is 20.8 Å². The van der Waals surface area contributed by atoms with Gasteiger partial charge in [-0.15, -0.1) is 0 Å². The lowest BCUT2D eigenvalue weighted by Crippen LogP contribution is -2.54. The van der Waals surface area contributed by atoms with Crippen molar-refractivity contribution in [3.05, 3.63) is 29.8 Å². The summed E-state index contributed by atoms with van der Waals surface area (Å²) in [7, 11) is 0. The largest absolute Gasteiger partial charge is 0.368 e. The van der Waals surface area contributed by atoms with Gasteiger partial charge in [-0.3, -0.25) is 14.4 Å². The number of aryl methyl sites for hydroxylation is 1. The predicted molar refractivity (Wildman–Crippen MR) is 96.9 cm³/mol. The second-order valence-corrected chi connectivity index (χ2v) is 7.15. The van der Waals surface area contributed by atoms with Gasteiger partial charge in [0, 0.05) is 18.7 Å². The van der Waals surface area contributed by atoms with Crippen molar-refractivity contribution in [3.63, 3.8) is 0 Å². The van der Waals surface area contributed by atoms with E-state index in [1.54, 1.807) is 18.7 Å². The molecular formula is C19H27N3O3. The summed E-state index contributed by atoms with van der Waals surface area (Å²) in [6.45, 7) is 5.57. The molecule has 6 heteroatoms. The van der Waals surface area contributed by atoms with E-state index in [4.69, 9.17) is 5.73 Å². The van der Waals surface area contributed by atoms with E-state index in [0.717, 1.165) is 24.9 Å². The molecule has 25 heavy (non-hydrogen) atoms. The normalized spacial score (nSPS) is 17.6. The molecule has 1 aliphatic rings. The van der Waals surface area contributed by atoms with Crippen LogP contribution in [0, 0.1) is 5.92 Å². The van der Waals surface area contributed by atoms with Gasteiger partial charge in [-0.25, -0.2) is 0 Å². The van der Waals surface area contributed by atoms with Crippen molar-refractivity contribution >= 4 is 23.4 Å². The van der Waals surface area contributed by atoms with Crippen LogP contribution in [0.15, 0.2) is 24.3 Å². The first kappa shape index (κ1) is 19.0. The number of hydrogen-bond donors (Lipinski definition) is 2. The molecule has 1 atom stereocenters. The highest BCUT2D eigenvalue weighted by Crippen LogP contribution is 2.26. The maximum atomic E-state index is 12.4. The first-order chi connectivity index (χ1) is 11.7. The van der Waals surface area contributed by atoms with Gasteiger partial charge in [-0.1, -0.05) is 25.5 Å². The Morgan fingerprint density at radius 3 is 2.48 bits per heavy atom. The molecule has 2 rings (SSSR count). The van der Waals surface area contributed by atoms with Crippen LogP contribution < -0.4 is 16.0 Å². The fourth-order valence-corrected chi connectivity index (χ4v) is 2.83. The van der Waals surface area contributed by atoms with Gasteiger partial charge in [0.15, 0.2) is 0 Å². The van der Waals surface area contributed by atoms with Crippen molar-refractivity contribution in [2.75, 3.05) is 11.4 Å². The van der Waals surface area contributed by atoms with E-state index in [1.807, 2.05) is 24.3 Å². The van der Waals surface area contributed by atoms with Gasteiger partial charge in [0.1, 0.15) is 5.54 Å². The van der Waals surface area contributed by atoms with Gasteiger partial charge < -0.3 is 16.0 Å². The third kappa shape index (κ3) is 4.59.